The molecule has 0 rings (SSSR count). The summed E-state index contributed by atoms with van der Waals surface area (Å²) in [6.45, 7) is 3.31. The molecule has 0 aliphatic heterocycles. The topological polar surface area (TPSA) is 57.5 Å². The van der Waals surface area contributed by atoms with Crippen LogP contribution >= 0.6 is 0 Å². The number of aliphatic hydroxyl groups excluding tert-OH is 1. The van der Waals surface area contributed by atoms with E-state index in [1.807, 2.05) is 0 Å². The predicted octanol–water partition coefficient (Wildman–Crippen LogP) is -0.894. The van der Waals surface area contributed by atoms with Gasteiger partial charge in [-0.3, -0.25) is 0 Å². The normalized spacial score (nSPS) is 4.25. The molecule has 0 atom stereocenters. The van der Waals surface area contributed by atoms with Crippen molar-refractivity contribution in [3.05, 3.63) is 12.7 Å². The maximum absolute atomic E-state index is 8.61. The first-order chi connectivity index (χ1) is 3.33. The Morgan fingerprint density at radius 2 is 1.88 bits per heavy atom. The number of hydrogen-bond acceptors (Lipinski definition) is 2. The van der Waals surface area contributed by atoms with E-state index < -0.39 is 19.5 Å². The van der Waals surface area contributed by atoms with Crippen LogP contribution in [0.2, 0.25) is 0 Å². The van der Waals surface area contributed by atoms with Gasteiger partial charge in [0.1, 0.15) is 0 Å². The molecule has 0 aliphatic carbocycles. The molecular weight excluding hydrogens is 143 g/mol. The molecule has 0 heterocycles. The average Bonchev–Trinajstić information content (AvgIpc) is 1.69. The summed E-state index contributed by atoms with van der Waals surface area (Å²) in [5.74, 6) is 0. The molecule has 0 saturated carbocycles. The van der Waals surface area contributed by atoms with Gasteiger partial charge in [-0.05, 0) is 0 Å². The summed E-state index contributed by atoms with van der Waals surface area (Å²) in [4.78, 5) is 0. The van der Waals surface area contributed by atoms with Gasteiger partial charge in [0.15, 0.2) is 0 Å². The quantitative estimate of drug-likeness (QED) is 0.376. The van der Waals surface area contributed by atoms with Crippen LogP contribution in [0.25, 0.3) is 0 Å². The summed E-state index contributed by atoms with van der Waals surface area (Å²) in [5.41, 5.74) is 0. The summed E-state index contributed by atoms with van der Waals surface area (Å²) >= 11 is -1.75. The van der Waals surface area contributed by atoms with Crippen LogP contribution in [0, 0.1) is 0 Å². The Balaban J connectivity index is -0.0000000575. The summed E-state index contributed by atoms with van der Waals surface area (Å²) in [5, 5.41) is 7.76. The van der Waals surface area contributed by atoms with E-state index in [2.05, 4.69) is 6.58 Å². The van der Waals surface area contributed by atoms with Crippen molar-refractivity contribution in [2.24, 2.45) is 0 Å². The van der Waals surface area contributed by atoms with E-state index in [1.165, 1.54) is 6.08 Å². The van der Waals surface area contributed by atoms with E-state index in [4.69, 9.17) is 12.1 Å². The first kappa shape index (κ1) is 15.7. The van der Waals surface area contributed by atoms with Crippen molar-refractivity contribution >= 4 is 8.41 Å². The molecule has 8 heavy (non-hydrogen) atoms. The zero-order valence-electron chi connectivity index (χ0n) is 4.37. The molecule has 0 unspecified atom stereocenters. The Morgan fingerprint density at radius 1 is 1.75 bits per heavy atom. The van der Waals surface area contributed by atoms with Gasteiger partial charge in [0.25, 0.3) is 0 Å². The monoisotopic (exact) mass is 150 g/mol. The molecule has 0 bridgehead atoms. The fourth-order valence-corrected chi connectivity index (χ4v) is 0. The second-order valence-electron chi connectivity index (χ2n) is 0.563. The molecule has 0 spiro atoms. The fraction of sp³-hybridized carbons (Fsp3) is 0.333. The molecule has 5 heteroatoms. The van der Waals surface area contributed by atoms with Crippen molar-refractivity contribution in [3.8, 4) is 0 Å². The molecule has 0 aromatic carbocycles. The second kappa shape index (κ2) is 26.9. The van der Waals surface area contributed by atoms with Gasteiger partial charge >= 0.3 is 26.5 Å². The standard InChI is InChI=1S/C3H6O.B.H2O.O.Ti/c1-2-3-4;;;;/h2,4H,1,3H2;;1H2;;/q;;;;+1/p-1. The molecular formula is C3H7BO3Ti. The van der Waals surface area contributed by atoms with E-state index >= 15 is 0 Å². The molecule has 2 N–H and O–H groups in total. The van der Waals surface area contributed by atoms with Gasteiger partial charge in [-0.1, -0.05) is 6.08 Å². The summed E-state index contributed by atoms with van der Waals surface area (Å²) < 4.78 is 15.8. The average molecular weight is 150 g/mol. The molecule has 0 saturated heterocycles. The molecule has 3 nitrogen and oxygen atoms in total. The Labute approximate surface area is 59.7 Å². The summed E-state index contributed by atoms with van der Waals surface area (Å²) in [7, 11) is 0. The van der Waals surface area contributed by atoms with Crippen molar-refractivity contribution < 1.29 is 31.6 Å². The molecule has 0 aromatic heterocycles. The Hall–Kier alpha value is 0.239. The molecule has 3 radical (unpaired) electrons. The van der Waals surface area contributed by atoms with Crippen molar-refractivity contribution in [1.29, 1.82) is 0 Å². The molecule has 0 aliphatic rings. The Kier molecular flexibility index (Phi) is 52.8. The summed E-state index contributed by atoms with van der Waals surface area (Å²) in [6.07, 6.45) is 1.43. The van der Waals surface area contributed by atoms with Crippen LogP contribution < -0.4 is 0 Å². The van der Waals surface area contributed by atoms with Gasteiger partial charge < -0.3 is 5.11 Å². The van der Waals surface area contributed by atoms with Gasteiger partial charge in [-0.15, -0.1) is 6.58 Å². The first-order valence-corrected chi connectivity index (χ1v) is 2.90. The van der Waals surface area contributed by atoms with Gasteiger partial charge in [-0.25, -0.2) is 0 Å². The van der Waals surface area contributed by atoms with Crippen molar-refractivity contribution in [2.45, 2.75) is 0 Å². The van der Waals surface area contributed by atoms with Crippen LogP contribution in [0.1, 0.15) is 0 Å². The zero-order valence-corrected chi connectivity index (χ0v) is 5.93. The maximum atomic E-state index is 8.61. The van der Waals surface area contributed by atoms with Crippen molar-refractivity contribution in [3.63, 3.8) is 0 Å². The van der Waals surface area contributed by atoms with Crippen LogP contribution in [0.4, 0.5) is 0 Å². The SMILES string of the molecule is C=CCO.[B].[O]=[Ti][OH]. The number of aliphatic hydroxyl groups is 1. The van der Waals surface area contributed by atoms with Gasteiger partial charge in [0, 0.05) is 8.41 Å². The van der Waals surface area contributed by atoms with E-state index in [1.54, 1.807) is 0 Å². The van der Waals surface area contributed by atoms with Gasteiger partial charge in [0.05, 0.1) is 6.61 Å². The second-order valence-corrected chi connectivity index (χ2v) is 0.848. The van der Waals surface area contributed by atoms with Crippen LogP contribution in [0.5, 0.6) is 0 Å². The Bertz CT molecular complexity index is 49.8. The van der Waals surface area contributed by atoms with Crippen LogP contribution in [-0.4, -0.2) is 23.8 Å². The van der Waals surface area contributed by atoms with E-state index in [0.29, 0.717) is 0 Å². The van der Waals surface area contributed by atoms with E-state index in [0.717, 1.165) is 0 Å². The Morgan fingerprint density at radius 3 is 1.88 bits per heavy atom. The van der Waals surface area contributed by atoms with Gasteiger partial charge in [-0.2, -0.15) is 0 Å². The zero-order chi connectivity index (χ0) is 6.12. The van der Waals surface area contributed by atoms with E-state index in [-0.39, 0.29) is 15.0 Å². The van der Waals surface area contributed by atoms with Crippen LogP contribution in [0.15, 0.2) is 12.7 Å². The predicted molar refractivity (Wildman–Crippen MR) is 25.9 cm³/mol. The molecule has 0 aromatic rings. The summed E-state index contributed by atoms with van der Waals surface area (Å²) in [6, 6.07) is 0. The third kappa shape index (κ3) is 112. The fourth-order valence-electron chi connectivity index (χ4n) is 0. The van der Waals surface area contributed by atoms with Crippen LogP contribution in [-0.2, 0) is 22.8 Å². The molecule has 0 amide bonds. The van der Waals surface area contributed by atoms with Gasteiger partial charge in [0.2, 0.25) is 0 Å². The van der Waals surface area contributed by atoms with Crippen molar-refractivity contribution in [2.75, 3.05) is 6.61 Å². The molecule has 0 fully saturated rings. The van der Waals surface area contributed by atoms with Crippen LogP contribution in [0.3, 0.4) is 0 Å². The molecule has 44 valence electrons. The first-order valence-electron chi connectivity index (χ1n) is 1.56. The third-order valence-corrected chi connectivity index (χ3v) is 0.129. The minimum absolute atomic E-state index is 0. The number of rotatable bonds is 1. The van der Waals surface area contributed by atoms with Crippen molar-refractivity contribution in [1.82, 2.24) is 0 Å². The van der Waals surface area contributed by atoms with E-state index in [9.17, 15) is 0 Å². The minimum atomic E-state index is -1.75. The number of hydrogen-bond donors (Lipinski definition) is 2. The third-order valence-electron chi connectivity index (χ3n) is 0.129.